The molecule has 4 heteroatoms. The predicted octanol–water partition coefficient (Wildman–Crippen LogP) is 0.0997. The number of hydrogen-bond donors (Lipinski definition) is 1. The van der Waals surface area contributed by atoms with Crippen LogP contribution in [0.5, 0.6) is 0 Å². The summed E-state index contributed by atoms with van der Waals surface area (Å²) in [6.07, 6.45) is 1.73. The molecule has 0 aliphatic heterocycles. The van der Waals surface area contributed by atoms with Gasteiger partial charge >= 0.3 is 0 Å². The van der Waals surface area contributed by atoms with Crippen molar-refractivity contribution in [1.29, 1.82) is 0 Å². The highest BCUT2D eigenvalue weighted by Gasteiger charge is 2.05. The standard InChI is InChI=1S/C6H6N2O2/c1-4-2-7-6(8-4)5(10)3-9/h2-3H,1H3,(H,7,8). The number of nitrogens with one attached hydrogen (secondary N) is 1. The van der Waals surface area contributed by atoms with Crippen molar-refractivity contribution >= 4 is 12.1 Å². The van der Waals surface area contributed by atoms with Crippen molar-refractivity contribution in [2.24, 2.45) is 0 Å². The van der Waals surface area contributed by atoms with Crippen LogP contribution < -0.4 is 0 Å². The van der Waals surface area contributed by atoms with E-state index in [0.717, 1.165) is 5.69 Å². The molecule has 1 rings (SSSR count). The molecule has 0 saturated carbocycles. The second kappa shape index (κ2) is 2.43. The third-order valence-corrected chi connectivity index (χ3v) is 1.04. The molecule has 0 atom stereocenters. The van der Waals surface area contributed by atoms with Crippen molar-refractivity contribution < 1.29 is 9.59 Å². The molecule has 1 aromatic rings. The number of aromatic nitrogens is 2. The number of ketones is 1. The molecule has 0 radical (unpaired) electrons. The van der Waals surface area contributed by atoms with E-state index in [1.807, 2.05) is 0 Å². The minimum Gasteiger partial charge on any atom is -0.339 e. The predicted molar refractivity (Wildman–Crippen MR) is 33.7 cm³/mol. The van der Waals surface area contributed by atoms with Gasteiger partial charge in [0, 0.05) is 11.9 Å². The fourth-order valence-electron chi connectivity index (χ4n) is 0.594. The number of aryl methyl sites for hydroxylation is 1. The number of hydrogen-bond acceptors (Lipinski definition) is 3. The van der Waals surface area contributed by atoms with Crippen LogP contribution in [0.1, 0.15) is 16.3 Å². The Morgan fingerprint density at radius 2 is 2.50 bits per heavy atom. The van der Waals surface area contributed by atoms with Gasteiger partial charge in [0.2, 0.25) is 0 Å². The van der Waals surface area contributed by atoms with Crippen LogP contribution in [-0.4, -0.2) is 22.0 Å². The Balaban J connectivity index is 2.95. The van der Waals surface area contributed by atoms with Crippen molar-refractivity contribution in [3.05, 3.63) is 17.7 Å². The zero-order valence-corrected chi connectivity index (χ0v) is 5.42. The van der Waals surface area contributed by atoms with Crippen LogP contribution in [0.25, 0.3) is 0 Å². The molecular weight excluding hydrogens is 132 g/mol. The lowest BCUT2D eigenvalue weighted by Crippen LogP contribution is -2.01. The molecule has 0 aromatic carbocycles. The first-order chi connectivity index (χ1) is 4.74. The van der Waals surface area contributed by atoms with Crippen molar-refractivity contribution in [2.75, 3.05) is 0 Å². The Morgan fingerprint density at radius 1 is 1.80 bits per heavy atom. The Labute approximate surface area is 57.3 Å². The quantitative estimate of drug-likeness (QED) is 0.358. The number of aldehydes is 1. The van der Waals surface area contributed by atoms with Crippen molar-refractivity contribution in [2.45, 2.75) is 6.92 Å². The largest absolute Gasteiger partial charge is 0.339 e. The molecule has 0 fully saturated rings. The summed E-state index contributed by atoms with van der Waals surface area (Å²) < 4.78 is 0. The molecular formula is C6H6N2O2. The van der Waals surface area contributed by atoms with Crippen LogP contribution in [0.2, 0.25) is 0 Å². The third kappa shape index (κ3) is 1.10. The summed E-state index contributed by atoms with van der Waals surface area (Å²) in [4.78, 5) is 26.8. The summed E-state index contributed by atoms with van der Waals surface area (Å²) in [5, 5.41) is 0. The van der Waals surface area contributed by atoms with Gasteiger partial charge in [0.05, 0.1) is 0 Å². The Kier molecular flexibility index (Phi) is 1.62. The Hall–Kier alpha value is -1.45. The van der Waals surface area contributed by atoms with Crippen molar-refractivity contribution in [3.8, 4) is 0 Å². The van der Waals surface area contributed by atoms with Gasteiger partial charge in [-0.3, -0.25) is 9.59 Å². The second-order valence-electron chi connectivity index (χ2n) is 1.90. The summed E-state index contributed by atoms with van der Waals surface area (Å²) >= 11 is 0. The van der Waals surface area contributed by atoms with Gasteiger partial charge in [-0.05, 0) is 6.92 Å². The maximum Gasteiger partial charge on any atom is 0.260 e. The van der Waals surface area contributed by atoms with E-state index in [4.69, 9.17) is 0 Å². The molecule has 0 saturated heterocycles. The first-order valence-corrected chi connectivity index (χ1v) is 2.75. The van der Waals surface area contributed by atoms with Gasteiger partial charge in [0.1, 0.15) is 0 Å². The van der Waals surface area contributed by atoms with Gasteiger partial charge in [-0.25, -0.2) is 4.98 Å². The molecule has 0 aliphatic rings. The molecule has 0 spiro atoms. The van der Waals surface area contributed by atoms with E-state index in [9.17, 15) is 9.59 Å². The van der Waals surface area contributed by atoms with Gasteiger partial charge < -0.3 is 4.98 Å². The van der Waals surface area contributed by atoms with Crippen LogP contribution in [0, 0.1) is 6.92 Å². The van der Waals surface area contributed by atoms with Gasteiger partial charge in [-0.2, -0.15) is 0 Å². The van der Waals surface area contributed by atoms with E-state index < -0.39 is 5.78 Å². The molecule has 52 valence electrons. The monoisotopic (exact) mass is 138 g/mol. The minimum absolute atomic E-state index is 0.104. The van der Waals surface area contributed by atoms with Crippen molar-refractivity contribution in [1.82, 2.24) is 9.97 Å². The van der Waals surface area contributed by atoms with Crippen LogP contribution >= 0.6 is 0 Å². The highest BCUT2D eigenvalue weighted by molar-refractivity contribution is 6.31. The average molecular weight is 138 g/mol. The average Bonchev–Trinajstić information content (AvgIpc) is 2.34. The molecule has 1 N–H and O–H groups in total. The fraction of sp³-hybridized carbons (Fsp3) is 0.167. The molecule has 0 aliphatic carbocycles. The molecule has 1 aromatic heterocycles. The molecule has 10 heavy (non-hydrogen) atoms. The maximum absolute atomic E-state index is 10.6. The number of rotatable bonds is 2. The Morgan fingerprint density at radius 3 is 2.90 bits per heavy atom. The summed E-state index contributed by atoms with van der Waals surface area (Å²) in [7, 11) is 0. The SMILES string of the molecule is Cc1cnc(C(=O)C=O)[nH]1. The highest BCUT2D eigenvalue weighted by Crippen LogP contribution is 1.93. The van der Waals surface area contributed by atoms with Crippen LogP contribution in [0.3, 0.4) is 0 Å². The fourth-order valence-corrected chi connectivity index (χ4v) is 0.594. The molecule has 4 nitrogen and oxygen atoms in total. The number of carbonyl (C=O) groups is 2. The lowest BCUT2D eigenvalue weighted by molar-refractivity contribution is -0.104. The van der Waals surface area contributed by atoms with Crippen LogP contribution in [0.15, 0.2) is 6.20 Å². The van der Waals surface area contributed by atoms with E-state index in [2.05, 4.69) is 9.97 Å². The zero-order valence-electron chi connectivity index (χ0n) is 5.42. The zero-order chi connectivity index (χ0) is 7.56. The van der Waals surface area contributed by atoms with Crippen molar-refractivity contribution in [3.63, 3.8) is 0 Å². The maximum atomic E-state index is 10.6. The molecule has 0 amide bonds. The topological polar surface area (TPSA) is 62.8 Å². The number of nitrogens with zero attached hydrogens (tertiary/aromatic N) is 1. The highest BCUT2D eigenvalue weighted by atomic mass is 16.2. The molecule has 0 bridgehead atoms. The van der Waals surface area contributed by atoms with E-state index in [0.29, 0.717) is 0 Å². The number of imidazole rings is 1. The second-order valence-corrected chi connectivity index (χ2v) is 1.90. The lowest BCUT2D eigenvalue weighted by atomic mass is 10.4. The number of Topliss-reactive ketones (excluding diaryl/α,β-unsaturated/α-hetero) is 1. The number of aromatic amines is 1. The summed E-state index contributed by atoms with van der Waals surface area (Å²) in [5.41, 5.74) is 0.769. The molecule has 1 heterocycles. The van der Waals surface area contributed by atoms with Gasteiger partial charge in [-0.1, -0.05) is 0 Å². The van der Waals surface area contributed by atoms with Crippen LogP contribution in [0.4, 0.5) is 0 Å². The van der Waals surface area contributed by atoms with E-state index in [1.54, 1.807) is 6.92 Å². The third-order valence-electron chi connectivity index (χ3n) is 1.04. The number of H-pyrrole nitrogens is 1. The smallest absolute Gasteiger partial charge is 0.260 e. The van der Waals surface area contributed by atoms with E-state index in [-0.39, 0.29) is 12.1 Å². The Bertz CT molecular complexity index is 264. The summed E-state index contributed by atoms with van der Waals surface area (Å²) in [6.45, 7) is 1.76. The summed E-state index contributed by atoms with van der Waals surface area (Å²) in [6, 6.07) is 0. The normalized spacial score (nSPS) is 9.30. The molecule has 0 unspecified atom stereocenters. The summed E-state index contributed by atoms with van der Waals surface area (Å²) in [5.74, 6) is -0.513. The van der Waals surface area contributed by atoms with Gasteiger partial charge in [-0.15, -0.1) is 0 Å². The first-order valence-electron chi connectivity index (χ1n) is 2.75. The van der Waals surface area contributed by atoms with Gasteiger partial charge in [0.15, 0.2) is 12.1 Å². The number of carbonyl (C=O) groups excluding carboxylic acids is 2. The van der Waals surface area contributed by atoms with Gasteiger partial charge in [0.25, 0.3) is 5.78 Å². The lowest BCUT2D eigenvalue weighted by Gasteiger charge is -1.81. The first kappa shape index (κ1) is 6.67. The van der Waals surface area contributed by atoms with Crippen LogP contribution in [-0.2, 0) is 4.79 Å². The van der Waals surface area contributed by atoms with E-state index in [1.165, 1.54) is 6.20 Å². The minimum atomic E-state index is -0.617. The van der Waals surface area contributed by atoms with E-state index >= 15 is 0 Å².